The third-order valence-electron chi connectivity index (χ3n) is 7.79. The number of hydrogen-bond acceptors (Lipinski definition) is 3. The highest BCUT2D eigenvalue weighted by Crippen LogP contribution is 2.40. The minimum absolute atomic E-state index is 0.248. The van der Waals surface area contributed by atoms with Gasteiger partial charge in [0.05, 0.1) is 12.4 Å². The molecular weight excluding hydrogens is 516 g/mol. The van der Waals surface area contributed by atoms with E-state index in [1.165, 1.54) is 0 Å². The van der Waals surface area contributed by atoms with Gasteiger partial charge in [-0.15, -0.1) is 0 Å². The number of rotatable bonds is 6. The molecular formula is C37H38N4O+2. The first-order valence-corrected chi connectivity index (χ1v) is 14.3. The second kappa shape index (κ2) is 11.9. The van der Waals surface area contributed by atoms with Crippen LogP contribution in [0.2, 0.25) is 0 Å². The molecule has 0 saturated heterocycles. The summed E-state index contributed by atoms with van der Waals surface area (Å²) in [5.41, 5.74) is 12.1. The normalized spacial score (nSPS) is 12.1. The monoisotopic (exact) mass is 554 g/mol. The Morgan fingerprint density at radius 2 is 0.952 bits per heavy atom. The number of phenolic OH excluding ortho intramolecular Hbond substituents is 1. The molecule has 42 heavy (non-hydrogen) atoms. The van der Waals surface area contributed by atoms with E-state index in [1.807, 2.05) is 74.8 Å². The van der Waals surface area contributed by atoms with Crippen LogP contribution in [0.5, 0.6) is 5.75 Å². The first-order valence-electron chi connectivity index (χ1n) is 14.3. The van der Waals surface area contributed by atoms with Gasteiger partial charge in [0.15, 0.2) is 0 Å². The summed E-state index contributed by atoms with van der Waals surface area (Å²) in [6, 6.07) is 24.5. The van der Waals surface area contributed by atoms with Gasteiger partial charge in [-0.05, 0) is 157 Å². The van der Waals surface area contributed by atoms with Crippen LogP contribution in [-0.2, 0) is 0 Å². The molecule has 0 fully saturated rings. The second-order valence-electron chi connectivity index (χ2n) is 10.7. The molecule has 2 aromatic heterocycles. The average molecular weight is 555 g/mol. The van der Waals surface area contributed by atoms with Gasteiger partial charge in [0.1, 0.15) is 29.5 Å². The third-order valence-corrected chi connectivity index (χ3v) is 7.79. The Kier molecular flexibility index (Phi) is 8.12. The fourth-order valence-corrected chi connectivity index (χ4v) is 6.03. The highest BCUT2D eigenvalue weighted by Gasteiger charge is 2.21. The lowest BCUT2D eigenvalue weighted by Gasteiger charge is -2.18. The van der Waals surface area contributed by atoms with E-state index in [4.69, 9.17) is 0 Å². The third kappa shape index (κ3) is 5.38. The minimum atomic E-state index is 0.248. The lowest BCUT2D eigenvalue weighted by molar-refractivity contribution is 0.475. The molecule has 0 spiro atoms. The quantitative estimate of drug-likeness (QED) is 0.168. The van der Waals surface area contributed by atoms with Gasteiger partial charge in [-0.3, -0.25) is 0 Å². The summed E-state index contributed by atoms with van der Waals surface area (Å²) in [5, 5.41) is 10.9. The number of benzene rings is 3. The molecule has 0 amide bonds. The molecule has 0 saturated carbocycles. The molecule has 0 aliphatic rings. The van der Waals surface area contributed by atoms with Crippen molar-refractivity contribution < 1.29 is 5.11 Å². The van der Waals surface area contributed by atoms with Gasteiger partial charge in [0.2, 0.25) is 0 Å². The number of pyridine rings is 2. The Hall–Kier alpha value is -4.90. The number of aromatic hydroxyl groups is 1. The second-order valence-corrected chi connectivity index (χ2v) is 10.7. The van der Waals surface area contributed by atoms with Crippen LogP contribution in [0.25, 0.3) is 22.3 Å². The predicted molar refractivity (Wildman–Crippen MR) is 178 cm³/mol. The summed E-state index contributed by atoms with van der Waals surface area (Å²) in [7, 11) is 0. The summed E-state index contributed by atoms with van der Waals surface area (Å²) >= 11 is 0. The highest BCUT2D eigenvalue weighted by atomic mass is 16.3. The van der Waals surface area contributed by atoms with Crippen LogP contribution in [0.15, 0.2) is 85.2 Å². The van der Waals surface area contributed by atoms with Crippen LogP contribution >= 0.6 is 0 Å². The fourth-order valence-electron chi connectivity index (χ4n) is 6.03. The van der Waals surface area contributed by atoms with Crippen molar-refractivity contribution in [3.05, 3.63) is 113 Å². The van der Waals surface area contributed by atoms with Gasteiger partial charge in [-0.2, -0.15) is 0 Å². The van der Waals surface area contributed by atoms with Crippen molar-refractivity contribution in [2.75, 3.05) is 0 Å². The molecule has 5 heteroatoms. The van der Waals surface area contributed by atoms with E-state index in [0.717, 1.165) is 73.1 Å². The summed E-state index contributed by atoms with van der Waals surface area (Å²) in [6.45, 7) is 14.7. The molecule has 2 heterocycles. The van der Waals surface area contributed by atoms with E-state index < -0.39 is 0 Å². The van der Waals surface area contributed by atoms with Crippen LogP contribution in [-0.4, -0.2) is 27.5 Å². The van der Waals surface area contributed by atoms with Gasteiger partial charge in [-0.1, -0.05) is 12.1 Å². The number of phenols is 1. The van der Waals surface area contributed by atoms with Gasteiger partial charge in [-0.25, -0.2) is 9.15 Å². The molecule has 0 aliphatic carbocycles. The van der Waals surface area contributed by atoms with Crippen molar-refractivity contribution in [1.82, 2.24) is 19.1 Å². The molecule has 5 nitrogen and oxygen atoms in total. The molecule has 3 aromatic carbocycles. The van der Waals surface area contributed by atoms with Gasteiger partial charge < -0.3 is 5.11 Å². The van der Waals surface area contributed by atoms with E-state index in [0.29, 0.717) is 0 Å². The molecule has 0 atom stereocenters. The largest absolute Gasteiger partial charge is 0.508 e. The zero-order chi connectivity index (χ0) is 30.0. The standard InChI is InChI=1S/C37H37N4O/c1-8-40(34-14-10-12-16-38-34)36-24(3)18-29(19-25(36)4)32-22-31(42)23-33(28(32)7)30-20-26(5)37(27(6)21-30)41(9-2)35-15-11-13-17-39-35/h8-23H,1-7H3/q+1/p+1. The Morgan fingerprint density at radius 1 is 0.571 bits per heavy atom. The maximum absolute atomic E-state index is 10.9. The number of aryl methyl sites for hydroxylation is 4. The Labute approximate surface area is 248 Å². The summed E-state index contributed by atoms with van der Waals surface area (Å²) in [4.78, 5) is 9.13. The van der Waals surface area contributed by atoms with Crippen molar-refractivity contribution in [2.45, 2.75) is 48.5 Å². The van der Waals surface area contributed by atoms with Crippen molar-refractivity contribution in [1.29, 1.82) is 0 Å². The lowest BCUT2D eigenvalue weighted by Crippen LogP contribution is -2.09. The summed E-state index contributed by atoms with van der Waals surface area (Å²) in [5.74, 6) is 2.01. The van der Waals surface area contributed by atoms with Crippen LogP contribution in [0.1, 0.15) is 41.7 Å². The SMILES string of the molecule is CC=[N+](c1ccccn1)c1c(C)cc(-c2cc(O)cc(-c3cc(C)c([N+](=CC)c4ccccn4)c(C)c3)c2C)cc1C. The van der Waals surface area contributed by atoms with Gasteiger partial charge in [0.25, 0.3) is 0 Å². The van der Waals surface area contributed by atoms with Crippen molar-refractivity contribution >= 4 is 35.4 Å². The first-order chi connectivity index (χ1) is 20.2. The number of aromatic nitrogens is 2. The van der Waals surface area contributed by atoms with Crippen molar-refractivity contribution in [3.8, 4) is 28.0 Å². The van der Waals surface area contributed by atoms with Crippen molar-refractivity contribution in [2.24, 2.45) is 0 Å². The molecule has 1 N–H and O–H groups in total. The van der Waals surface area contributed by atoms with E-state index >= 15 is 0 Å². The molecule has 210 valence electrons. The van der Waals surface area contributed by atoms with Gasteiger partial charge in [0, 0.05) is 12.1 Å². The zero-order valence-electron chi connectivity index (χ0n) is 25.5. The summed E-state index contributed by atoms with van der Waals surface area (Å²) < 4.78 is 4.26. The van der Waals surface area contributed by atoms with E-state index in [1.54, 1.807) is 0 Å². The highest BCUT2D eigenvalue weighted by molar-refractivity contribution is 5.84. The van der Waals surface area contributed by atoms with Crippen LogP contribution in [0, 0.1) is 34.6 Å². The molecule has 0 unspecified atom stereocenters. The van der Waals surface area contributed by atoms with Crippen LogP contribution < -0.4 is 9.15 Å². The zero-order valence-corrected chi connectivity index (χ0v) is 25.5. The van der Waals surface area contributed by atoms with E-state index in [9.17, 15) is 5.11 Å². The topological polar surface area (TPSA) is 52.0 Å². The maximum Gasteiger partial charge on any atom is 0.327 e. The molecule has 0 aliphatic heterocycles. The Morgan fingerprint density at radius 3 is 1.26 bits per heavy atom. The molecule has 5 aromatic rings. The van der Waals surface area contributed by atoms with E-state index in [-0.39, 0.29) is 5.75 Å². The van der Waals surface area contributed by atoms with Crippen molar-refractivity contribution in [3.63, 3.8) is 0 Å². The minimum Gasteiger partial charge on any atom is -0.508 e. The van der Waals surface area contributed by atoms with Crippen LogP contribution in [0.3, 0.4) is 0 Å². The molecule has 0 radical (unpaired) electrons. The lowest BCUT2D eigenvalue weighted by atomic mass is 9.89. The Bertz CT molecular complexity index is 1660. The molecule has 0 bridgehead atoms. The smallest absolute Gasteiger partial charge is 0.327 e. The first kappa shape index (κ1) is 28.6. The average Bonchev–Trinajstić information content (AvgIpc) is 2.98. The van der Waals surface area contributed by atoms with E-state index in [2.05, 4.69) is 90.4 Å². The summed E-state index contributed by atoms with van der Waals surface area (Å²) in [6.07, 6.45) is 7.73. The number of nitrogens with zero attached hydrogens (tertiary/aromatic N) is 4. The van der Waals surface area contributed by atoms with Crippen LogP contribution in [0.4, 0.5) is 23.0 Å². The van der Waals surface area contributed by atoms with Gasteiger partial charge >= 0.3 is 11.6 Å². The number of hydrogen-bond donors (Lipinski definition) is 1. The maximum atomic E-state index is 10.9. The Balaban J connectivity index is 1.60. The molecule has 5 rings (SSSR count). The predicted octanol–water partition coefficient (Wildman–Crippen LogP) is 8.91. The fraction of sp³-hybridized carbons (Fsp3) is 0.189.